The minimum atomic E-state index is -0.196. The zero-order valence-corrected chi connectivity index (χ0v) is 11.8. The molecule has 0 saturated heterocycles. The zero-order chi connectivity index (χ0) is 14.3. The molecule has 0 aromatic carbocycles. The number of nitriles is 1. The van der Waals surface area contributed by atoms with Crippen LogP contribution >= 0.6 is 11.3 Å². The highest BCUT2D eigenvalue weighted by Gasteiger charge is 2.18. The smallest absolute Gasteiger partial charge is 0.264 e. The molecule has 0 aliphatic carbocycles. The molecule has 1 N–H and O–H groups in total. The van der Waals surface area contributed by atoms with Gasteiger partial charge in [-0.3, -0.25) is 4.79 Å². The number of hydrogen-bond donors (Lipinski definition) is 1. The summed E-state index contributed by atoms with van der Waals surface area (Å²) in [7, 11) is 1.68. The highest BCUT2D eigenvalue weighted by Crippen LogP contribution is 2.18. The Kier molecular flexibility index (Phi) is 6.08. The standard InChI is InChI=1S/C14H16N2O2S/c1-11(9-15)10-16(2)14(18)13-12(6-8-19-13)5-3-4-7-17/h6,8,11,17H,4,7,10H2,1-2H3. The van der Waals surface area contributed by atoms with Crippen LogP contribution in [0.25, 0.3) is 0 Å². The first-order chi connectivity index (χ1) is 9.10. The number of carbonyl (C=O) groups is 1. The molecular weight excluding hydrogens is 260 g/mol. The molecule has 19 heavy (non-hydrogen) atoms. The number of carbonyl (C=O) groups excluding carboxylic acids is 1. The fourth-order valence-corrected chi connectivity index (χ4v) is 2.34. The van der Waals surface area contributed by atoms with Crippen LogP contribution in [0, 0.1) is 29.1 Å². The molecule has 4 nitrogen and oxygen atoms in total. The third kappa shape index (κ3) is 4.40. The van der Waals surface area contributed by atoms with E-state index in [0.29, 0.717) is 23.4 Å². The van der Waals surface area contributed by atoms with Gasteiger partial charge in [0.2, 0.25) is 0 Å². The molecule has 0 aliphatic heterocycles. The Labute approximate surface area is 117 Å². The summed E-state index contributed by atoms with van der Waals surface area (Å²) in [6.07, 6.45) is 0.394. The Morgan fingerprint density at radius 3 is 3.00 bits per heavy atom. The van der Waals surface area contributed by atoms with E-state index in [0.717, 1.165) is 0 Å². The van der Waals surface area contributed by atoms with E-state index < -0.39 is 0 Å². The Balaban J connectivity index is 2.81. The normalized spacial score (nSPS) is 11.1. The van der Waals surface area contributed by atoms with Gasteiger partial charge in [0.05, 0.1) is 18.6 Å². The largest absolute Gasteiger partial charge is 0.395 e. The Morgan fingerprint density at radius 1 is 1.63 bits per heavy atom. The van der Waals surface area contributed by atoms with Crippen LogP contribution in [0.4, 0.5) is 0 Å². The molecule has 0 saturated carbocycles. The minimum Gasteiger partial charge on any atom is -0.395 e. The third-order valence-electron chi connectivity index (χ3n) is 2.43. The van der Waals surface area contributed by atoms with E-state index in [2.05, 4.69) is 17.9 Å². The number of nitrogens with zero attached hydrogens (tertiary/aromatic N) is 2. The van der Waals surface area contributed by atoms with Crippen molar-refractivity contribution in [2.75, 3.05) is 20.2 Å². The summed E-state index contributed by atoms with van der Waals surface area (Å²) in [5.74, 6) is 5.38. The van der Waals surface area contributed by atoms with Crippen LogP contribution in [0.3, 0.4) is 0 Å². The first-order valence-electron chi connectivity index (χ1n) is 5.92. The number of hydrogen-bond acceptors (Lipinski definition) is 4. The van der Waals surface area contributed by atoms with E-state index in [9.17, 15) is 4.79 Å². The highest BCUT2D eigenvalue weighted by atomic mass is 32.1. The monoisotopic (exact) mass is 276 g/mol. The predicted octanol–water partition coefficient (Wildman–Crippen LogP) is 1.71. The van der Waals surface area contributed by atoms with Crippen molar-refractivity contribution in [2.24, 2.45) is 5.92 Å². The molecule has 0 bridgehead atoms. The SMILES string of the molecule is CC(C#N)CN(C)C(=O)c1sccc1C#CCCO. The Morgan fingerprint density at radius 2 is 2.37 bits per heavy atom. The van der Waals surface area contributed by atoms with Crippen LogP contribution in [0.1, 0.15) is 28.6 Å². The Bertz CT molecular complexity index is 534. The molecule has 0 aliphatic rings. The lowest BCUT2D eigenvalue weighted by atomic mass is 10.2. The molecule has 1 heterocycles. The maximum atomic E-state index is 12.2. The molecule has 0 fully saturated rings. The van der Waals surface area contributed by atoms with E-state index in [1.165, 1.54) is 16.2 Å². The topological polar surface area (TPSA) is 64.3 Å². The molecular formula is C14H16N2O2S. The van der Waals surface area contributed by atoms with Gasteiger partial charge in [0, 0.05) is 25.6 Å². The van der Waals surface area contributed by atoms with Gasteiger partial charge < -0.3 is 10.0 Å². The summed E-state index contributed by atoms with van der Waals surface area (Å²) < 4.78 is 0. The Hall–Kier alpha value is -1.82. The maximum Gasteiger partial charge on any atom is 0.264 e. The highest BCUT2D eigenvalue weighted by molar-refractivity contribution is 7.12. The van der Waals surface area contributed by atoms with Gasteiger partial charge >= 0.3 is 0 Å². The molecule has 0 spiro atoms. The molecule has 100 valence electrons. The lowest BCUT2D eigenvalue weighted by Gasteiger charge is -2.17. The summed E-state index contributed by atoms with van der Waals surface area (Å²) in [5.41, 5.74) is 0.680. The van der Waals surface area contributed by atoms with Crippen molar-refractivity contribution < 1.29 is 9.90 Å². The van der Waals surface area contributed by atoms with Crippen LogP contribution in [-0.4, -0.2) is 36.1 Å². The predicted molar refractivity (Wildman–Crippen MR) is 74.6 cm³/mol. The second-order valence-corrected chi connectivity index (χ2v) is 5.07. The van der Waals surface area contributed by atoms with E-state index in [1.54, 1.807) is 20.0 Å². The quantitative estimate of drug-likeness (QED) is 0.852. The van der Waals surface area contributed by atoms with Crippen molar-refractivity contribution >= 4 is 17.2 Å². The summed E-state index contributed by atoms with van der Waals surface area (Å²) in [5, 5.41) is 19.3. The maximum absolute atomic E-state index is 12.2. The van der Waals surface area contributed by atoms with Crippen molar-refractivity contribution in [3.05, 3.63) is 21.9 Å². The lowest BCUT2D eigenvalue weighted by molar-refractivity contribution is 0.0789. The van der Waals surface area contributed by atoms with Crippen molar-refractivity contribution in [3.8, 4) is 17.9 Å². The molecule has 1 atom stereocenters. The summed E-state index contributed by atoms with van der Waals surface area (Å²) in [4.78, 5) is 14.3. The molecule has 1 amide bonds. The summed E-state index contributed by atoms with van der Waals surface area (Å²) in [6, 6.07) is 3.90. The fourth-order valence-electron chi connectivity index (χ4n) is 1.49. The van der Waals surface area contributed by atoms with Gasteiger partial charge in [0.15, 0.2) is 0 Å². The minimum absolute atomic E-state index is 0.0139. The van der Waals surface area contributed by atoms with Gasteiger partial charge in [-0.1, -0.05) is 11.8 Å². The summed E-state index contributed by atoms with van der Waals surface area (Å²) >= 11 is 1.34. The summed E-state index contributed by atoms with van der Waals surface area (Å²) in [6.45, 7) is 2.19. The van der Waals surface area contributed by atoms with Gasteiger partial charge in [-0.25, -0.2) is 0 Å². The first-order valence-corrected chi connectivity index (χ1v) is 6.80. The van der Waals surface area contributed by atoms with Crippen LogP contribution in [0.15, 0.2) is 11.4 Å². The van der Waals surface area contributed by atoms with Crippen LogP contribution in [0.2, 0.25) is 0 Å². The number of aliphatic hydroxyl groups excluding tert-OH is 1. The van der Waals surface area contributed by atoms with E-state index in [-0.39, 0.29) is 18.4 Å². The average Bonchev–Trinajstić information content (AvgIpc) is 2.86. The number of aliphatic hydroxyl groups is 1. The van der Waals surface area contributed by atoms with Crippen molar-refractivity contribution in [3.63, 3.8) is 0 Å². The molecule has 1 aromatic rings. The van der Waals surface area contributed by atoms with E-state index in [1.807, 2.05) is 5.38 Å². The van der Waals surface area contributed by atoms with Crippen LogP contribution in [0.5, 0.6) is 0 Å². The number of amides is 1. The van der Waals surface area contributed by atoms with Crippen LogP contribution < -0.4 is 0 Å². The molecule has 1 rings (SSSR count). The van der Waals surface area contributed by atoms with Gasteiger partial charge in [-0.05, 0) is 18.4 Å². The van der Waals surface area contributed by atoms with Crippen LogP contribution in [-0.2, 0) is 0 Å². The van der Waals surface area contributed by atoms with E-state index >= 15 is 0 Å². The van der Waals surface area contributed by atoms with E-state index in [4.69, 9.17) is 10.4 Å². The molecule has 5 heteroatoms. The van der Waals surface area contributed by atoms with Gasteiger partial charge in [-0.15, -0.1) is 11.3 Å². The molecule has 1 aromatic heterocycles. The second-order valence-electron chi connectivity index (χ2n) is 4.15. The second kappa shape index (κ2) is 7.58. The van der Waals surface area contributed by atoms with Crippen molar-refractivity contribution in [2.45, 2.75) is 13.3 Å². The molecule has 0 radical (unpaired) electrons. The first kappa shape index (κ1) is 15.2. The fraction of sp³-hybridized carbons (Fsp3) is 0.429. The molecule has 1 unspecified atom stereocenters. The van der Waals surface area contributed by atoms with Gasteiger partial charge in [0.1, 0.15) is 4.88 Å². The lowest BCUT2D eigenvalue weighted by Crippen LogP contribution is -2.30. The third-order valence-corrected chi connectivity index (χ3v) is 3.34. The van der Waals surface area contributed by atoms with Crippen molar-refractivity contribution in [1.29, 1.82) is 5.26 Å². The van der Waals surface area contributed by atoms with Gasteiger partial charge in [-0.2, -0.15) is 5.26 Å². The number of rotatable bonds is 4. The van der Waals surface area contributed by atoms with Crippen molar-refractivity contribution in [1.82, 2.24) is 4.90 Å². The average molecular weight is 276 g/mol. The zero-order valence-electron chi connectivity index (χ0n) is 11.0. The van der Waals surface area contributed by atoms with Gasteiger partial charge in [0.25, 0.3) is 5.91 Å². The number of thiophene rings is 1.